The van der Waals surface area contributed by atoms with Crippen LogP contribution in [-0.2, 0) is 0 Å². The van der Waals surface area contributed by atoms with E-state index in [2.05, 4.69) is 85.9 Å². The Kier molecular flexibility index (Phi) is 4.03. The maximum absolute atomic E-state index is 3.45. The van der Waals surface area contributed by atoms with E-state index in [4.69, 9.17) is 0 Å². The third-order valence-corrected chi connectivity index (χ3v) is 4.02. The monoisotopic (exact) mass is 275 g/mol. The van der Waals surface area contributed by atoms with Crippen LogP contribution in [0.1, 0.15) is 25.5 Å². The SMILES string of the molecule is CCNC(C)c1ccc(-c2cccc3ccccc23)cc1. The van der Waals surface area contributed by atoms with Crippen LogP contribution in [0.25, 0.3) is 21.9 Å². The summed E-state index contributed by atoms with van der Waals surface area (Å²) in [6, 6.07) is 24.4. The highest BCUT2D eigenvalue weighted by molar-refractivity contribution is 5.96. The minimum absolute atomic E-state index is 0.400. The topological polar surface area (TPSA) is 12.0 Å². The Morgan fingerprint density at radius 3 is 2.33 bits per heavy atom. The molecule has 0 spiro atoms. The zero-order valence-corrected chi connectivity index (χ0v) is 12.6. The molecular formula is C20H21N. The van der Waals surface area contributed by atoms with Gasteiger partial charge >= 0.3 is 0 Å². The van der Waals surface area contributed by atoms with Crippen molar-refractivity contribution >= 4 is 10.8 Å². The maximum Gasteiger partial charge on any atom is 0.0291 e. The molecule has 1 nitrogen and oxygen atoms in total. The Morgan fingerprint density at radius 2 is 1.57 bits per heavy atom. The normalized spacial score (nSPS) is 12.5. The van der Waals surface area contributed by atoms with Crippen molar-refractivity contribution in [2.24, 2.45) is 0 Å². The molecule has 0 saturated heterocycles. The maximum atomic E-state index is 3.45. The van der Waals surface area contributed by atoms with Crippen LogP contribution < -0.4 is 5.32 Å². The Labute approximate surface area is 126 Å². The van der Waals surface area contributed by atoms with Gasteiger partial charge in [0.1, 0.15) is 0 Å². The van der Waals surface area contributed by atoms with Crippen molar-refractivity contribution in [3.05, 3.63) is 72.3 Å². The van der Waals surface area contributed by atoms with Gasteiger partial charge < -0.3 is 5.32 Å². The van der Waals surface area contributed by atoms with Crippen molar-refractivity contribution in [3.63, 3.8) is 0 Å². The van der Waals surface area contributed by atoms with Gasteiger partial charge in [-0.1, -0.05) is 73.7 Å². The lowest BCUT2D eigenvalue weighted by molar-refractivity contribution is 0.598. The molecule has 0 amide bonds. The van der Waals surface area contributed by atoms with Crippen LogP contribution in [0.5, 0.6) is 0 Å². The molecule has 3 aromatic rings. The lowest BCUT2D eigenvalue weighted by atomic mass is 9.96. The smallest absolute Gasteiger partial charge is 0.0291 e. The van der Waals surface area contributed by atoms with E-state index in [1.807, 2.05) is 0 Å². The van der Waals surface area contributed by atoms with Crippen LogP contribution in [0.2, 0.25) is 0 Å². The van der Waals surface area contributed by atoms with Crippen molar-refractivity contribution in [1.29, 1.82) is 0 Å². The predicted octanol–water partition coefficient (Wildman–Crippen LogP) is 5.18. The first-order valence-electron chi connectivity index (χ1n) is 7.61. The highest BCUT2D eigenvalue weighted by Gasteiger charge is 2.06. The summed E-state index contributed by atoms with van der Waals surface area (Å²) in [7, 11) is 0. The minimum atomic E-state index is 0.400. The van der Waals surface area contributed by atoms with Crippen LogP contribution in [0.3, 0.4) is 0 Å². The van der Waals surface area contributed by atoms with Gasteiger partial charge in [-0.3, -0.25) is 0 Å². The highest BCUT2D eigenvalue weighted by atomic mass is 14.9. The first-order valence-corrected chi connectivity index (χ1v) is 7.61. The quantitative estimate of drug-likeness (QED) is 0.692. The molecule has 1 heteroatoms. The molecule has 106 valence electrons. The summed E-state index contributed by atoms with van der Waals surface area (Å²) in [6.07, 6.45) is 0. The van der Waals surface area contributed by atoms with Crippen molar-refractivity contribution in [2.75, 3.05) is 6.54 Å². The van der Waals surface area contributed by atoms with Gasteiger partial charge in [0, 0.05) is 6.04 Å². The van der Waals surface area contributed by atoms with E-state index in [0.29, 0.717) is 6.04 Å². The molecule has 0 radical (unpaired) electrons. The molecule has 0 bridgehead atoms. The third kappa shape index (κ3) is 2.84. The van der Waals surface area contributed by atoms with Crippen molar-refractivity contribution in [2.45, 2.75) is 19.9 Å². The second kappa shape index (κ2) is 6.11. The molecule has 0 fully saturated rings. The van der Waals surface area contributed by atoms with Crippen LogP contribution in [0, 0.1) is 0 Å². The van der Waals surface area contributed by atoms with E-state index in [0.717, 1.165) is 6.54 Å². The second-order valence-electron chi connectivity index (χ2n) is 5.43. The van der Waals surface area contributed by atoms with Crippen LogP contribution in [0.4, 0.5) is 0 Å². The molecule has 1 atom stereocenters. The summed E-state index contributed by atoms with van der Waals surface area (Å²) < 4.78 is 0. The standard InChI is InChI=1S/C20H21N/c1-3-21-15(2)16-11-13-18(14-12-16)20-10-6-8-17-7-4-5-9-19(17)20/h4-15,21H,3H2,1-2H3. The summed E-state index contributed by atoms with van der Waals surface area (Å²) >= 11 is 0. The summed E-state index contributed by atoms with van der Waals surface area (Å²) in [5.74, 6) is 0. The molecular weight excluding hydrogens is 254 g/mol. The Morgan fingerprint density at radius 1 is 0.857 bits per heavy atom. The number of rotatable bonds is 4. The van der Waals surface area contributed by atoms with Gasteiger partial charge in [0.2, 0.25) is 0 Å². The Bertz CT molecular complexity index is 723. The Balaban J connectivity index is 2.00. The first-order chi connectivity index (χ1) is 10.3. The van der Waals surface area contributed by atoms with E-state index >= 15 is 0 Å². The lowest BCUT2D eigenvalue weighted by Gasteiger charge is -2.13. The van der Waals surface area contributed by atoms with Crippen LogP contribution in [0.15, 0.2) is 66.7 Å². The number of hydrogen-bond acceptors (Lipinski definition) is 1. The fourth-order valence-corrected chi connectivity index (χ4v) is 2.85. The predicted molar refractivity (Wildman–Crippen MR) is 91.5 cm³/mol. The molecule has 3 aromatic carbocycles. The minimum Gasteiger partial charge on any atom is -0.310 e. The van der Waals surface area contributed by atoms with Crippen LogP contribution >= 0.6 is 0 Å². The summed E-state index contributed by atoms with van der Waals surface area (Å²) in [5.41, 5.74) is 3.91. The van der Waals surface area contributed by atoms with Gasteiger partial charge in [-0.25, -0.2) is 0 Å². The molecule has 0 aromatic heterocycles. The number of nitrogens with one attached hydrogen (secondary N) is 1. The van der Waals surface area contributed by atoms with E-state index in [9.17, 15) is 0 Å². The molecule has 0 aliphatic rings. The van der Waals surface area contributed by atoms with Gasteiger partial charge in [0.25, 0.3) is 0 Å². The zero-order valence-electron chi connectivity index (χ0n) is 12.6. The average Bonchev–Trinajstić information content (AvgIpc) is 2.55. The molecule has 1 N–H and O–H groups in total. The molecule has 0 heterocycles. The molecule has 0 saturated carbocycles. The van der Waals surface area contributed by atoms with Gasteiger partial charge in [-0.2, -0.15) is 0 Å². The second-order valence-corrected chi connectivity index (χ2v) is 5.43. The van der Waals surface area contributed by atoms with E-state index in [1.165, 1.54) is 27.5 Å². The average molecular weight is 275 g/mol. The number of benzene rings is 3. The summed E-state index contributed by atoms with van der Waals surface area (Å²) in [5, 5.41) is 6.05. The van der Waals surface area contributed by atoms with Crippen LogP contribution in [-0.4, -0.2) is 6.54 Å². The zero-order chi connectivity index (χ0) is 14.7. The molecule has 3 rings (SSSR count). The van der Waals surface area contributed by atoms with Gasteiger partial charge in [-0.05, 0) is 40.9 Å². The molecule has 0 aliphatic heterocycles. The highest BCUT2D eigenvalue weighted by Crippen LogP contribution is 2.29. The van der Waals surface area contributed by atoms with Crippen molar-refractivity contribution in [1.82, 2.24) is 5.32 Å². The lowest BCUT2D eigenvalue weighted by Crippen LogP contribution is -2.17. The molecule has 1 unspecified atom stereocenters. The van der Waals surface area contributed by atoms with E-state index < -0.39 is 0 Å². The largest absolute Gasteiger partial charge is 0.310 e. The number of hydrogen-bond donors (Lipinski definition) is 1. The van der Waals surface area contributed by atoms with Gasteiger partial charge in [0.15, 0.2) is 0 Å². The van der Waals surface area contributed by atoms with Crippen molar-refractivity contribution in [3.8, 4) is 11.1 Å². The Hall–Kier alpha value is -2.12. The molecule has 0 aliphatic carbocycles. The van der Waals surface area contributed by atoms with Gasteiger partial charge in [-0.15, -0.1) is 0 Å². The summed E-state index contributed by atoms with van der Waals surface area (Å²) in [6.45, 7) is 5.34. The fourth-order valence-electron chi connectivity index (χ4n) is 2.85. The van der Waals surface area contributed by atoms with E-state index in [-0.39, 0.29) is 0 Å². The van der Waals surface area contributed by atoms with Crippen molar-refractivity contribution < 1.29 is 0 Å². The molecule has 21 heavy (non-hydrogen) atoms. The fraction of sp³-hybridized carbons (Fsp3) is 0.200. The number of fused-ring (bicyclic) bond motifs is 1. The third-order valence-electron chi connectivity index (χ3n) is 4.02. The van der Waals surface area contributed by atoms with Gasteiger partial charge in [0.05, 0.1) is 0 Å². The summed E-state index contributed by atoms with van der Waals surface area (Å²) in [4.78, 5) is 0. The first kappa shape index (κ1) is 13.8. The van der Waals surface area contributed by atoms with E-state index in [1.54, 1.807) is 0 Å².